The monoisotopic (exact) mass is 849 g/mol. The molecule has 0 N–H and O–H groups in total. The van der Waals surface area contributed by atoms with Crippen molar-refractivity contribution in [2.45, 2.75) is 304 Å². The topological polar surface area (TPSA) is 78.9 Å². The number of ether oxygens (including phenoxy) is 3. The molecule has 0 aliphatic carbocycles. The summed E-state index contributed by atoms with van der Waals surface area (Å²) in [5.41, 5.74) is 0. The predicted molar refractivity (Wildman–Crippen MR) is 256 cm³/mol. The third-order valence-electron chi connectivity index (χ3n) is 12.2. The Morgan fingerprint density at radius 1 is 0.317 bits per heavy atom. The summed E-state index contributed by atoms with van der Waals surface area (Å²) in [5, 5.41) is 0. The van der Waals surface area contributed by atoms with Crippen LogP contribution < -0.4 is 0 Å². The van der Waals surface area contributed by atoms with Crippen LogP contribution in [0.2, 0.25) is 0 Å². The number of unbranched alkanes of at least 4 members (excludes halogenated alkanes) is 33. The van der Waals surface area contributed by atoms with Gasteiger partial charge in [0, 0.05) is 19.3 Å². The minimum absolute atomic E-state index is 0.0636. The molecule has 0 spiro atoms. The minimum atomic E-state index is -0.762. The van der Waals surface area contributed by atoms with Crippen molar-refractivity contribution in [2.24, 2.45) is 11.8 Å². The number of hydrogen-bond donors (Lipinski definition) is 0. The first-order chi connectivity index (χ1) is 29.2. The summed E-state index contributed by atoms with van der Waals surface area (Å²) in [6.07, 6.45) is 48.1. The lowest BCUT2D eigenvalue weighted by atomic mass is 10.0. The van der Waals surface area contributed by atoms with Gasteiger partial charge in [0.1, 0.15) is 13.2 Å². The highest BCUT2D eigenvalue weighted by atomic mass is 16.6. The first kappa shape index (κ1) is 58.4. The summed E-state index contributed by atoms with van der Waals surface area (Å²) in [5.74, 6) is 0.794. The standard InChI is InChI=1S/C54H104O6/c1-6-7-8-9-10-11-12-13-17-21-24-31-36-41-46-54(57)60-51(48-59-53(56)45-40-35-30-26-25-28-33-38-43-50(4)5)47-58-52(55)44-39-34-29-23-20-18-15-14-16-19-22-27-32-37-42-49(2)3/h49-51H,6-48H2,1-5H3/t51-/m1/s1. The molecule has 60 heavy (non-hydrogen) atoms. The number of esters is 3. The van der Waals surface area contributed by atoms with Gasteiger partial charge in [-0.1, -0.05) is 259 Å². The molecule has 0 saturated heterocycles. The molecular weight excluding hydrogens is 745 g/mol. The highest BCUT2D eigenvalue weighted by Crippen LogP contribution is 2.17. The second kappa shape index (κ2) is 46.9. The van der Waals surface area contributed by atoms with Gasteiger partial charge < -0.3 is 14.2 Å². The summed E-state index contributed by atoms with van der Waals surface area (Å²) < 4.78 is 16.8. The molecule has 0 aromatic rings. The van der Waals surface area contributed by atoms with Gasteiger partial charge in [-0.25, -0.2) is 0 Å². The number of carbonyl (C=O) groups is 3. The van der Waals surface area contributed by atoms with Crippen molar-refractivity contribution >= 4 is 17.9 Å². The van der Waals surface area contributed by atoms with Gasteiger partial charge in [0.2, 0.25) is 0 Å². The van der Waals surface area contributed by atoms with Gasteiger partial charge in [0.15, 0.2) is 6.10 Å². The largest absolute Gasteiger partial charge is 0.462 e. The first-order valence-corrected chi connectivity index (χ1v) is 26.7. The molecule has 6 nitrogen and oxygen atoms in total. The maximum atomic E-state index is 12.8. The van der Waals surface area contributed by atoms with Gasteiger partial charge in [0.25, 0.3) is 0 Å². The van der Waals surface area contributed by atoms with Crippen LogP contribution in [0.5, 0.6) is 0 Å². The fraction of sp³-hybridized carbons (Fsp3) is 0.944. The number of hydrogen-bond acceptors (Lipinski definition) is 6. The van der Waals surface area contributed by atoms with Crippen molar-refractivity contribution in [3.63, 3.8) is 0 Å². The summed E-state index contributed by atoms with van der Waals surface area (Å²) in [6, 6.07) is 0. The van der Waals surface area contributed by atoms with Crippen LogP contribution in [0.25, 0.3) is 0 Å². The van der Waals surface area contributed by atoms with E-state index in [2.05, 4.69) is 34.6 Å². The molecular formula is C54H104O6. The Kier molecular flexibility index (Phi) is 45.7. The van der Waals surface area contributed by atoms with Gasteiger partial charge in [-0.2, -0.15) is 0 Å². The molecule has 0 saturated carbocycles. The van der Waals surface area contributed by atoms with Crippen molar-refractivity contribution in [1.82, 2.24) is 0 Å². The molecule has 0 radical (unpaired) electrons. The van der Waals surface area contributed by atoms with Crippen LogP contribution in [0.15, 0.2) is 0 Å². The second-order valence-electron chi connectivity index (χ2n) is 19.5. The zero-order valence-corrected chi connectivity index (χ0v) is 41.1. The van der Waals surface area contributed by atoms with Gasteiger partial charge >= 0.3 is 17.9 Å². The molecule has 0 aliphatic rings. The van der Waals surface area contributed by atoms with Crippen LogP contribution in [0.4, 0.5) is 0 Å². The van der Waals surface area contributed by atoms with E-state index in [9.17, 15) is 14.4 Å². The molecule has 0 fully saturated rings. The Bertz CT molecular complexity index is 916. The quantitative estimate of drug-likeness (QED) is 0.0345. The zero-order chi connectivity index (χ0) is 44.0. The van der Waals surface area contributed by atoms with Crippen LogP contribution in [-0.2, 0) is 28.6 Å². The van der Waals surface area contributed by atoms with E-state index in [0.29, 0.717) is 19.3 Å². The first-order valence-electron chi connectivity index (χ1n) is 26.7. The van der Waals surface area contributed by atoms with E-state index in [-0.39, 0.29) is 31.1 Å². The summed E-state index contributed by atoms with van der Waals surface area (Å²) >= 11 is 0. The molecule has 0 rings (SSSR count). The predicted octanol–water partition coefficient (Wildman–Crippen LogP) is 17.3. The molecule has 356 valence electrons. The third-order valence-corrected chi connectivity index (χ3v) is 12.2. The highest BCUT2D eigenvalue weighted by molar-refractivity contribution is 5.71. The van der Waals surface area contributed by atoms with E-state index in [0.717, 1.165) is 69.6 Å². The number of carbonyl (C=O) groups excluding carboxylic acids is 3. The van der Waals surface area contributed by atoms with E-state index in [1.807, 2.05) is 0 Å². The van der Waals surface area contributed by atoms with Crippen molar-refractivity contribution in [3.8, 4) is 0 Å². The van der Waals surface area contributed by atoms with E-state index in [1.54, 1.807) is 0 Å². The van der Waals surface area contributed by atoms with Crippen LogP contribution in [-0.4, -0.2) is 37.2 Å². The molecule has 0 heterocycles. The minimum Gasteiger partial charge on any atom is -0.462 e. The van der Waals surface area contributed by atoms with E-state index in [4.69, 9.17) is 14.2 Å². The fourth-order valence-electron chi connectivity index (χ4n) is 8.17. The average Bonchev–Trinajstić information content (AvgIpc) is 3.22. The molecule has 0 aliphatic heterocycles. The van der Waals surface area contributed by atoms with E-state index >= 15 is 0 Å². The normalized spacial score (nSPS) is 12.1. The van der Waals surface area contributed by atoms with Crippen LogP contribution in [0, 0.1) is 11.8 Å². The average molecular weight is 849 g/mol. The lowest BCUT2D eigenvalue weighted by molar-refractivity contribution is -0.167. The molecule has 0 amide bonds. The Labute approximate surface area is 374 Å². The van der Waals surface area contributed by atoms with E-state index < -0.39 is 6.10 Å². The van der Waals surface area contributed by atoms with Crippen molar-refractivity contribution < 1.29 is 28.6 Å². The van der Waals surface area contributed by atoms with Crippen molar-refractivity contribution in [2.75, 3.05) is 13.2 Å². The summed E-state index contributed by atoms with van der Waals surface area (Å²) in [6.45, 7) is 11.4. The maximum absolute atomic E-state index is 12.8. The SMILES string of the molecule is CCCCCCCCCCCCCCCCC(=O)O[C@H](COC(=O)CCCCCCCCCCCCCCCCC(C)C)COC(=O)CCCCCCCCCCC(C)C. The van der Waals surface area contributed by atoms with Gasteiger partial charge in [-0.05, 0) is 31.1 Å². The molecule has 0 unspecified atom stereocenters. The number of rotatable bonds is 48. The molecule has 6 heteroatoms. The van der Waals surface area contributed by atoms with Crippen molar-refractivity contribution in [1.29, 1.82) is 0 Å². The molecule has 0 aromatic carbocycles. The van der Waals surface area contributed by atoms with Crippen LogP contribution >= 0.6 is 0 Å². The molecule has 0 aromatic heterocycles. The zero-order valence-electron chi connectivity index (χ0n) is 41.1. The van der Waals surface area contributed by atoms with Crippen LogP contribution in [0.3, 0.4) is 0 Å². The highest BCUT2D eigenvalue weighted by Gasteiger charge is 2.19. The second-order valence-corrected chi connectivity index (χ2v) is 19.5. The Morgan fingerprint density at radius 2 is 0.550 bits per heavy atom. The Hall–Kier alpha value is -1.59. The smallest absolute Gasteiger partial charge is 0.306 e. The van der Waals surface area contributed by atoms with Crippen LogP contribution in [0.1, 0.15) is 298 Å². The summed E-state index contributed by atoms with van der Waals surface area (Å²) in [4.78, 5) is 38.0. The van der Waals surface area contributed by atoms with E-state index in [1.165, 1.54) is 186 Å². The lowest BCUT2D eigenvalue weighted by Gasteiger charge is -2.18. The Morgan fingerprint density at radius 3 is 0.817 bits per heavy atom. The third kappa shape index (κ3) is 47.5. The van der Waals surface area contributed by atoms with Crippen molar-refractivity contribution in [3.05, 3.63) is 0 Å². The molecule has 1 atom stereocenters. The molecule has 0 bridgehead atoms. The van der Waals surface area contributed by atoms with Gasteiger partial charge in [-0.15, -0.1) is 0 Å². The maximum Gasteiger partial charge on any atom is 0.306 e. The fourth-order valence-corrected chi connectivity index (χ4v) is 8.17. The van der Waals surface area contributed by atoms with Gasteiger partial charge in [-0.3, -0.25) is 14.4 Å². The Balaban J connectivity index is 4.28. The van der Waals surface area contributed by atoms with Gasteiger partial charge in [0.05, 0.1) is 0 Å². The summed E-state index contributed by atoms with van der Waals surface area (Å²) in [7, 11) is 0. The lowest BCUT2D eigenvalue weighted by Crippen LogP contribution is -2.30.